The van der Waals surface area contributed by atoms with Crippen molar-refractivity contribution in [2.24, 2.45) is 0 Å². The van der Waals surface area contributed by atoms with Crippen LogP contribution in [0.5, 0.6) is 0 Å². The van der Waals surface area contributed by atoms with Crippen molar-refractivity contribution in [2.45, 2.75) is 213 Å². The zero-order valence-corrected chi connectivity index (χ0v) is 30.9. The molecule has 0 saturated carbocycles. The highest BCUT2D eigenvalue weighted by molar-refractivity contribution is 5.69. The lowest BCUT2D eigenvalue weighted by atomic mass is 10.0. The molecule has 0 aromatic heterocycles. The van der Waals surface area contributed by atoms with Crippen LogP contribution in [0.4, 0.5) is 0 Å². The molecule has 5 heteroatoms. The molecule has 0 amide bonds. The Bertz CT molecular complexity index is 556. The van der Waals surface area contributed by atoms with Crippen LogP contribution < -0.4 is 0 Å². The van der Waals surface area contributed by atoms with Gasteiger partial charge in [-0.2, -0.15) is 0 Å². The van der Waals surface area contributed by atoms with Gasteiger partial charge in [0, 0.05) is 19.6 Å². The summed E-state index contributed by atoms with van der Waals surface area (Å²) in [7, 11) is 0. The van der Waals surface area contributed by atoms with Crippen LogP contribution in [0.2, 0.25) is 0 Å². The third-order valence-corrected chi connectivity index (χ3v) is 9.26. The summed E-state index contributed by atoms with van der Waals surface area (Å²) in [6.07, 6.45) is 36.8. The first-order valence-corrected chi connectivity index (χ1v) is 20.3. The zero-order valence-electron chi connectivity index (χ0n) is 30.9. The molecule has 0 saturated heterocycles. The monoisotopic (exact) mass is 640 g/mol. The van der Waals surface area contributed by atoms with Crippen molar-refractivity contribution in [3.8, 4) is 0 Å². The van der Waals surface area contributed by atoms with Crippen LogP contribution in [0.25, 0.3) is 0 Å². The fourth-order valence-electron chi connectivity index (χ4n) is 6.25. The average molecular weight is 640 g/mol. The van der Waals surface area contributed by atoms with E-state index in [2.05, 4.69) is 25.7 Å². The Hall–Kier alpha value is -0.650. The second-order valence-electron chi connectivity index (χ2n) is 13.7. The molecule has 45 heavy (non-hydrogen) atoms. The van der Waals surface area contributed by atoms with Crippen molar-refractivity contribution in [1.29, 1.82) is 0 Å². The summed E-state index contributed by atoms with van der Waals surface area (Å²) in [6, 6.07) is 0. The Kier molecular flexibility index (Phi) is 37.3. The fourth-order valence-corrected chi connectivity index (χ4v) is 6.25. The standard InChI is InChI=1S/C40H81NO4/c1-4-7-10-13-17-23-28-38-45-40(43)32-29-34-41(35-36-42)33-26-21-16-18-22-27-37-44-39(30-24-19-14-11-8-5-2)31-25-20-15-12-9-6-3/h39,42H,4-38H2,1-3H3. The molecule has 0 aromatic carbocycles. The minimum absolute atomic E-state index is 0.0648. The van der Waals surface area contributed by atoms with Crippen LogP contribution >= 0.6 is 0 Å². The summed E-state index contributed by atoms with van der Waals surface area (Å²) in [6.45, 7) is 11.1. The Morgan fingerprint density at radius 1 is 0.511 bits per heavy atom. The number of carbonyl (C=O) groups is 1. The van der Waals surface area contributed by atoms with E-state index in [1.165, 1.54) is 154 Å². The maximum atomic E-state index is 12.1. The normalized spacial score (nSPS) is 11.7. The van der Waals surface area contributed by atoms with E-state index in [-0.39, 0.29) is 12.6 Å². The molecule has 1 N–H and O–H groups in total. The number of hydrogen-bond donors (Lipinski definition) is 1. The van der Waals surface area contributed by atoms with E-state index < -0.39 is 0 Å². The Labute approximate surface area is 282 Å². The van der Waals surface area contributed by atoms with Crippen LogP contribution in [0.3, 0.4) is 0 Å². The second kappa shape index (κ2) is 37.8. The maximum Gasteiger partial charge on any atom is 0.305 e. The van der Waals surface area contributed by atoms with Gasteiger partial charge in [-0.05, 0) is 51.6 Å². The van der Waals surface area contributed by atoms with Gasteiger partial charge in [0.25, 0.3) is 0 Å². The van der Waals surface area contributed by atoms with Crippen molar-refractivity contribution in [3.63, 3.8) is 0 Å². The van der Waals surface area contributed by atoms with Crippen LogP contribution in [-0.2, 0) is 14.3 Å². The van der Waals surface area contributed by atoms with Crippen molar-refractivity contribution in [3.05, 3.63) is 0 Å². The summed E-state index contributed by atoms with van der Waals surface area (Å²) in [5.74, 6) is -0.0648. The number of unbranched alkanes of at least 4 members (excludes halogenated alkanes) is 21. The van der Waals surface area contributed by atoms with Gasteiger partial charge in [0.15, 0.2) is 0 Å². The van der Waals surface area contributed by atoms with E-state index in [0.29, 0.717) is 25.7 Å². The Morgan fingerprint density at radius 2 is 0.933 bits per heavy atom. The first-order chi connectivity index (χ1) is 22.2. The Morgan fingerprint density at radius 3 is 1.44 bits per heavy atom. The molecule has 0 aliphatic heterocycles. The molecule has 5 nitrogen and oxygen atoms in total. The van der Waals surface area contributed by atoms with Gasteiger partial charge in [-0.25, -0.2) is 0 Å². The van der Waals surface area contributed by atoms with Crippen molar-refractivity contribution in [2.75, 3.05) is 39.5 Å². The lowest BCUT2D eigenvalue weighted by molar-refractivity contribution is -0.144. The average Bonchev–Trinajstić information content (AvgIpc) is 3.04. The predicted octanol–water partition coefficient (Wildman–Crippen LogP) is 11.6. The molecule has 0 unspecified atom stereocenters. The molecule has 0 rings (SSSR count). The van der Waals surface area contributed by atoms with Crippen LogP contribution in [0.15, 0.2) is 0 Å². The predicted molar refractivity (Wildman–Crippen MR) is 195 cm³/mol. The number of carbonyl (C=O) groups excluding carboxylic acids is 1. The summed E-state index contributed by atoms with van der Waals surface area (Å²) >= 11 is 0. The third kappa shape index (κ3) is 34.5. The van der Waals surface area contributed by atoms with Crippen LogP contribution in [0, 0.1) is 0 Å². The van der Waals surface area contributed by atoms with Crippen molar-refractivity contribution < 1.29 is 19.4 Å². The quantitative estimate of drug-likeness (QED) is 0.0538. The van der Waals surface area contributed by atoms with E-state index in [1.807, 2.05) is 0 Å². The van der Waals surface area contributed by atoms with Crippen LogP contribution in [-0.4, -0.2) is 61.5 Å². The SMILES string of the molecule is CCCCCCCCCOC(=O)CCCN(CCO)CCCCCCCCOC(CCCCCCCC)CCCCCCCC. The first-order valence-electron chi connectivity index (χ1n) is 20.3. The highest BCUT2D eigenvalue weighted by atomic mass is 16.5. The molecular formula is C40H81NO4. The van der Waals surface area contributed by atoms with E-state index in [9.17, 15) is 9.90 Å². The molecule has 0 bridgehead atoms. The molecule has 0 spiro atoms. The highest BCUT2D eigenvalue weighted by Crippen LogP contribution is 2.18. The largest absolute Gasteiger partial charge is 0.466 e. The van der Waals surface area contributed by atoms with Crippen LogP contribution in [0.1, 0.15) is 207 Å². The molecule has 0 aliphatic carbocycles. The zero-order chi connectivity index (χ0) is 32.9. The summed E-state index contributed by atoms with van der Waals surface area (Å²) in [4.78, 5) is 14.4. The summed E-state index contributed by atoms with van der Waals surface area (Å²) in [5.41, 5.74) is 0. The van der Waals surface area contributed by atoms with Gasteiger partial charge in [0.05, 0.1) is 19.3 Å². The molecule has 0 heterocycles. The van der Waals surface area contributed by atoms with E-state index in [0.717, 1.165) is 45.4 Å². The third-order valence-electron chi connectivity index (χ3n) is 9.26. The second-order valence-corrected chi connectivity index (χ2v) is 13.7. The van der Waals surface area contributed by atoms with Gasteiger partial charge in [-0.1, -0.05) is 162 Å². The van der Waals surface area contributed by atoms with Gasteiger partial charge in [0.1, 0.15) is 0 Å². The molecular weight excluding hydrogens is 558 g/mol. The first kappa shape index (κ1) is 44.4. The number of ether oxygens (including phenoxy) is 2. The van der Waals surface area contributed by atoms with Gasteiger partial charge < -0.3 is 19.5 Å². The summed E-state index contributed by atoms with van der Waals surface area (Å²) < 4.78 is 11.9. The molecule has 0 atom stereocenters. The van der Waals surface area contributed by atoms with Gasteiger partial charge >= 0.3 is 5.97 Å². The summed E-state index contributed by atoms with van der Waals surface area (Å²) in [5, 5.41) is 9.48. The molecule has 0 fully saturated rings. The molecule has 0 aromatic rings. The van der Waals surface area contributed by atoms with E-state index >= 15 is 0 Å². The minimum atomic E-state index is -0.0648. The smallest absolute Gasteiger partial charge is 0.305 e. The highest BCUT2D eigenvalue weighted by Gasteiger charge is 2.10. The number of hydrogen-bond acceptors (Lipinski definition) is 5. The van der Waals surface area contributed by atoms with Crippen molar-refractivity contribution in [1.82, 2.24) is 4.90 Å². The number of nitrogens with zero attached hydrogens (tertiary/aromatic N) is 1. The topological polar surface area (TPSA) is 59.0 Å². The molecule has 0 aliphatic rings. The Balaban J connectivity index is 3.91. The number of esters is 1. The lowest BCUT2D eigenvalue weighted by Crippen LogP contribution is -2.29. The van der Waals surface area contributed by atoms with E-state index in [4.69, 9.17) is 9.47 Å². The molecule has 270 valence electrons. The van der Waals surface area contributed by atoms with Crippen molar-refractivity contribution >= 4 is 5.97 Å². The number of rotatable bonds is 38. The minimum Gasteiger partial charge on any atom is -0.466 e. The van der Waals surface area contributed by atoms with Gasteiger partial charge in [0.2, 0.25) is 0 Å². The fraction of sp³-hybridized carbons (Fsp3) is 0.975. The van der Waals surface area contributed by atoms with Gasteiger partial charge in [-0.3, -0.25) is 4.79 Å². The molecule has 0 radical (unpaired) electrons. The van der Waals surface area contributed by atoms with Gasteiger partial charge in [-0.15, -0.1) is 0 Å². The van der Waals surface area contributed by atoms with E-state index in [1.54, 1.807) is 0 Å². The number of aliphatic hydroxyl groups is 1. The lowest BCUT2D eigenvalue weighted by Gasteiger charge is -2.21. The maximum absolute atomic E-state index is 12.1. The number of aliphatic hydroxyl groups excluding tert-OH is 1.